The summed E-state index contributed by atoms with van der Waals surface area (Å²) < 4.78 is 53.7. The molecule has 2 aromatic heterocycles. The molecule has 0 bridgehead atoms. The summed E-state index contributed by atoms with van der Waals surface area (Å²) in [6.45, 7) is 3.12. The van der Waals surface area contributed by atoms with Gasteiger partial charge in [-0.25, -0.2) is 4.98 Å². The first-order valence-electron chi connectivity index (χ1n) is 11.0. The first-order chi connectivity index (χ1) is 17.3. The minimum atomic E-state index is -4.72. The maximum Gasteiger partial charge on any atom is 0.573 e. The number of benzene rings is 2. The summed E-state index contributed by atoms with van der Waals surface area (Å²) >= 11 is 1.83. The van der Waals surface area contributed by atoms with Crippen molar-refractivity contribution in [3.8, 4) is 11.5 Å². The molecule has 4 aromatic rings. The van der Waals surface area contributed by atoms with E-state index >= 15 is 0 Å². The number of oxazole rings is 1. The van der Waals surface area contributed by atoms with Crippen molar-refractivity contribution in [3.63, 3.8) is 0 Å². The van der Waals surface area contributed by atoms with Crippen LogP contribution in [0.3, 0.4) is 0 Å². The monoisotopic (exact) mass is 516 g/mol. The Kier molecular flexibility index (Phi) is 8.32. The Bertz CT molecular complexity index is 1270. The Hall–Kier alpha value is -3.73. The summed E-state index contributed by atoms with van der Waals surface area (Å²) in [6.07, 6.45) is 3.63. The van der Waals surface area contributed by atoms with Crippen molar-refractivity contribution in [2.24, 2.45) is 0 Å². The zero-order valence-corrected chi connectivity index (χ0v) is 20.1. The van der Waals surface area contributed by atoms with E-state index in [0.29, 0.717) is 17.1 Å². The van der Waals surface area contributed by atoms with E-state index in [4.69, 9.17) is 9.15 Å². The van der Waals surface area contributed by atoms with Crippen molar-refractivity contribution in [1.82, 2.24) is 20.0 Å². The van der Waals surface area contributed by atoms with Crippen LogP contribution in [0, 0.1) is 6.92 Å². The first-order valence-corrected chi connectivity index (χ1v) is 12.1. The number of hydrogen-bond donors (Lipinski definition) is 0. The van der Waals surface area contributed by atoms with Crippen LogP contribution in [0.15, 0.2) is 65.5 Å². The van der Waals surface area contributed by atoms with Crippen LogP contribution in [0.4, 0.5) is 13.2 Å². The Morgan fingerprint density at radius 3 is 2.61 bits per heavy atom. The predicted molar refractivity (Wildman–Crippen MR) is 130 cm³/mol. The number of thioether (sulfide) groups is 1. The van der Waals surface area contributed by atoms with Gasteiger partial charge in [-0.1, -0.05) is 23.4 Å². The normalized spacial score (nSPS) is 11.8. The maximum atomic E-state index is 12.2. The largest absolute Gasteiger partial charge is 0.573 e. The van der Waals surface area contributed by atoms with Gasteiger partial charge in [0.05, 0.1) is 12.7 Å². The predicted octanol–water partition coefficient (Wildman–Crippen LogP) is 6.16. The van der Waals surface area contributed by atoms with Gasteiger partial charge < -0.3 is 13.9 Å². The third-order valence-corrected chi connectivity index (χ3v) is 5.98. The highest BCUT2D eigenvalue weighted by molar-refractivity contribution is 7.98. The number of aryl methyl sites for hydroxylation is 2. The van der Waals surface area contributed by atoms with Gasteiger partial charge in [-0.15, -0.1) is 18.3 Å². The molecule has 0 fully saturated rings. The van der Waals surface area contributed by atoms with Gasteiger partial charge in [0.1, 0.15) is 30.1 Å². The Morgan fingerprint density at radius 1 is 1.08 bits per heavy atom. The number of alkyl halides is 3. The lowest BCUT2D eigenvalue weighted by atomic mass is 10.1. The zero-order chi connectivity index (χ0) is 25.4. The first kappa shape index (κ1) is 25.4. The SMILES string of the molecule is Cc1cc(OCc2coc(/C=C/c3ccc(OC(F)(F)F)cc3)n2)ccc1CSCCn1ccnn1. The maximum absolute atomic E-state index is 12.2. The number of nitrogens with zero attached hydrogens (tertiary/aromatic N) is 4. The van der Waals surface area contributed by atoms with Gasteiger partial charge in [-0.2, -0.15) is 11.8 Å². The number of halogens is 3. The number of rotatable bonds is 11. The minimum absolute atomic E-state index is 0.242. The molecule has 188 valence electrons. The van der Waals surface area contributed by atoms with Gasteiger partial charge in [0.2, 0.25) is 5.89 Å². The molecule has 0 N–H and O–H groups in total. The summed E-state index contributed by atoms with van der Waals surface area (Å²) in [5.41, 5.74) is 3.69. The molecule has 0 aliphatic carbocycles. The molecule has 2 aromatic carbocycles. The quantitative estimate of drug-likeness (QED) is 0.221. The van der Waals surface area contributed by atoms with Gasteiger partial charge >= 0.3 is 6.36 Å². The van der Waals surface area contributed by atoms with Crippen LogP contribution in [-0.2, 0) is 18.9 Å². The van der Waals surface area contributed by atoms with Crippen molar-refractivity contribution in [1.29, 1.82) is 0 Å². The molecule has 0 amide bonds. The molecule has 7 nitrogen and oxygen atoms in total. The van der Waals surface area contributed by atoms with Crippen LogP contribution < -0.4 is 9.47 Å². The molecule has 0 aliphatic rings. The van der Waals surface area contributed by atoms with Crippen molar-refractivity contribution in [3.05, 3.63) is 89.4 Å². The number of hydrogen-bond acceptors (Lipinski definition) is 7. The van der Waals surface area contributed by atoms with Gasteiger partial charge in [0.25, 0.3) is 0 Å². The molecule has 0 saturated carbocycles. The number of aromatic nitrogens is 4. The zero-order valence-electron chi connectivity index (χ0n) is 19.3. The van der Waals surface area contributed by atoms with Crippen molar-refractivity contribution >= 4 is 23.9 Å². The van der Waals surface area contributed by atoms with Crippen molar-refractivity contribution in [2.75, 3.05) is 5.75 Å². The van der Waals surface area contributed by atoms with Crippen molar-refractivity contribution < 1.29 is 27.1 Å². The third-order valence-electron chi connectivity index (χ3n) is 5.00. The highest BCUT2D eigenvalue weighted by Gasteiger charge is 2.30. The molecule has 4 rings (SSSR count). The van der Waals surface area contributed by atoms with E-state index in [2.05, 4.69) is 33.0 Å². The lowest BCUT2D eigenvalue weighted by Crippen LogP contribution is -2.16. The second-order valence-electron chi connectivity index (χ2n) is 7.72. The van der Waals surface area contributed by atoms with Crippen LogP contribution in [0.25, 0.3) is 12.2 Å². The lowest BCUT2D eigenvalue weighted by Gasteiger charge is -2.09. The van der Waals surface area contributed by atoms with Crippen LogP contribution in [0.2, 0.25) is 0 Å². The Labute approximate surface area is 209 Å². The van der Waals surface area contributed by atoms with Gasteiger partial charge in [-0.05, 0) is 54.0 Å². The minimum Gasteiger partial charge on any atom is -0.487 e. The van der Waals surface area contributed by atoms with Crippen molar-refractivity contribution in [2.45, 2.75) is 32.2 Å². The molecular formula is C25H23F3N4O3S. The van der Waals surface area contributed by atoms with E-state index in [9.17, 15) is 13.2 Å². The summed E-state index contributed by atoms with van der Waals surface area (Å²) in [7, 11) is 0. The molecular weight excluding hydrogens is 493 g/mol. The van der Waals surface area contributed by atoms with E-state index in [1.807, 2.05) is 34.8 Å². The smallest absolute Gasteiger partial charge is 0.487 e. The number of ether oxygens (including phenoxy) is 2. The fourth-order valence-electron chi connectivity index (χ4n) is 3.18. The van der Waals surface area contributed by atoms with Gasteiger partial charge in [0, 0.05) is 23.8 Å². The average molecular weight is 517 g/mol. The molecule has 11 heteroatoms. The molecule has 0 spiro atoms. The van der Waals surface area contributed by atoms with E-state index in [1.54, 1.807) is 18.3 Å². The highest BCUT2D eigenvalue weighted by Crippen LogP contribution is 2.24. The van der Waals surface area contributed by atoms with Gasteiger partial charge in [0.15, 0.2) is 0 Å². The van der Waals surface area contributed by atoms with Crippen LogP contribution in [0.1, 0.15) is 28.3 Å². The Balaban J connectivity index is 1.23. The topological polar surface area (TPSA) is 75.2 Å². The second kappa shape index (κ2) is 11.8. The molecule has 0 aliphatic heterocycles. The molecule has 0 radical (unpaired) electrons. The van der Waals surface area contributed by atoms with E-state index in [0.717, 1.165) is 29.4 Å². The average Bonchev–Trinajstić information content (AvgIpc) is 3.52. The molecule has 0 atom stereocenters. The third kappa shape index (κ3) is 7.91. The van der Waals surface area contributed by atoms with Crippen LogP contribution in [-0.4, -0.2) is 32.1 Å². The van der Waals surface area contributed by atoms with Crippen LogP contribution >= 0.6 is 11.8 Å². The molecule has 36 heavy (non-hydrogen) atoms. The fourth-order valence-corrected chi connectivity index (χ4v) is 4.19. The fraction of sp³-hybridized carbons (Fsp3) is 0.240. The van der Waals surface area contributed by atoms with Gasteiger partial charge in [-0.3, -0.25) is 4.68 Å². The molecule has 0 saturated heterocycles. The van der Waals surface area contributed by atoms with Crippen LogP contribution in [0.5, 0.6) is 11.5 Å². The second-order valence-corrected chi connectivity index (χ2v) is 8.83. The van der Waals surface area contributed by atoms with E-state index in [-0.39, 0.29) is 12.4 Å². The molecule has 2 heterocycles. The Morgan fingerprint density at radius 2 is 1.89 bits per heavy atom. The summed E-state index contributed by atoms with van der Waals surface area (Å²) in [4.78, 5) is 4.35. The standard InChI is InChI=1S/C25H23F3N4O3S/c1-18-14-23(8-5-20(18)17-36-13-12-32-11-10-29-31-32)33-15-21-16-34-24(30-21)9-4-19-2-6-22(7-3-19)35-25(26,27)28/h2-11,14,16H,12-13,15,17H2,1H3/b9-4+. The summed E-state index contributed by atoms with van der Waals surface area (Å²) in [5.74, 6) is 2.67. The van der Waals surface area contributed by atoms with E-state index < -0.39 is 6.36 Å². The van der Waals surface area contributed by atoms with E-state index in [1.165, 1.54) is 36.1 Å². The lowest BCUT2D eigenvalue weighted by molar-refractivity contribution is -0.274. The summed E-state index contributed by atoms with van der Waals surface area (Å²) in [6, 6.07) is 11.5. The summed E-state index contributed by atoms with van der Waals surface area (Å²) in [5, 5.41) is 7.76. The highest BCUT2D eigenvalue weighted by atomic mass is 32.2. The molecule has 0 unspecified atom stereocenters.